The second-order valence-corrected chi connectivity index (χ2v) is 5.41. The van der Waals surface area contributed by atoms with Crippen molar-refractivity contribution in [2.45, 2.75) is 19.4 Å². The van der Waals surface area contributed by atoms with Crippen molar-refractivity contribution in [3.63, 3.8) is 0 Å². The number of carbonyl (C=O) groups is 1. The van der Waals surface area contributed by atoms with Crippen molar-refractivity contribution in [3.05, 3.63) is 29.8 Å². The molecular formula is C11H16N2O5S. The molecule has 8 heteroatoms. The van der Waals surface area contributed by atoms with E-state index in [2.05, 4.69) is 9.44 Å². The fourth-order valence-corrected chi connectivity index (χ4v) is 2.49. The van der Waals surface area contributed by atoms with Gasteiger partial charge >= 0.3 is 5.97 Å². The molecule has 0 saturated heterocycles. The minimum atomic E-state index is -3.83. The highest BCUT2D eigenvalue weighted by atomic mass is 32.2. The molecule has 4 N–H and O–H groups in total. The molecule has 1 aromatic carbocycles. The first-order valence-corrected chi connectivity index (χ1v) is 7.10. The molecule has 0 bridgehead atoms. The highest BCUT2D eigenvalue weighted by Crippen LogP contribution is 2.11. The zero-order valence-corrected chi connectivity index (χ0v) is 11.1. The summed E-state index contributed by atoms with van der Waals surface area (Å²) in [6, 6.07) is 4.62. The Morgan fingerprint density at radius 1 is 1.32 bits per heavy atom. The van der Waals surface area contributed by atoms with Crippen molar-refractivity contribution >= 4 is 16.2 Å². The molecule has 19 heavy (non-hydrogen) atoms. The minimum absolute atomic E-state index is 0.0137. The number of carboxylic acids is 1. The van der Waals surface area contributed by atoms with Crippen LogP contribution >= 0.6 is 0 Å². The van der Waals surface area contributed by atoms with Gasteiger partial charge in [-0.3, -0.25) is 4.79 Å². The number of aromatic hydroxyl groups is 1. The summed E-state index contributed by atoms with van der Waals surface area (Å²) in [7, 11) is -3.83. The Morgan fingerprint density at radius 2 is 1.89 bits per heavy atom. The number of carboxylic acid groups (broad SMARTS) is 1. The second kappa shape index (κ2) is 6.50. The van der Waals surface area contributed by atoms with Crippen LogP contribution in [0.1, 0.15) is 12.5 Å². The van der Waals surface area contributed by atoms with E-state index >= 15 is 0 Å². The maximum atomic E-state index is 11.5. The van der Waals surface area contributed by atoms with Gasteiger partial charge < -0.3 is 10.2 Å². The SMILES string of the molecule is CCNS(=O)(=O)N[C@@H](Cc1ccc(O)cc1)C(=O)O. The summed E-state index contributed by atoms with van der Waals surface area (Å²) in [5, 5.41) is 18.1. The summed E-state index contributed by atoms with van der Waals surface area (Å²) in [5.74, 6) is -1.21. The molecule has 0 unspecified atom stereocenters. The average molecular weight is 288 g/mol. The predicted molar refractivity (Wildman–Crippen MR) is 69.0 cm³/mol. The van der Waals surface area contributed by atoms with E-state index in [1.54, 1.807) is 6.92 Å². The average Bonchev–Trinajstić information content (AvgIpc) is 2.30. The molecule has 7 nitrogen and oxygen atoms in total. The van der Waals surface area contributed by atoms with Gasteiger partial charge in [0.25, 0.3) is 10.2 Å². The summed E-state index contributed by atoms with van der Waals surface area (Å²) in [5.41, 5.74) is 0.601. The van der Waals surface area contributed by atoms with E-state index in [4.69, 9.17) is 10.2 Å². The lowest BCUT2D eigenvalue weighted by atomic mass is 10.1. The molecule has 1 aromatic rings. The summed E-state index contributed by atoms with van der Waals surface area (Å²) in [6.07, 6.45) is -0.0137. The Kier molecular flexibility index (Phi) is 5.28. The zero-order chi connectivity index (χ0) is 14.5. The van der Waals surface area contributed by atoms with E-state index in [1.807, 2.05) is 0 Å². The van der Waals surface area contributed by atoms with Gasteiger partial charge in [-0.2, -0.15) is 13.1 Å². The summed E-state index contributed by atoms with van der Waals surface area (Å²) in [4.78, 5) is 11.0. The van der Waals surface area contributed by atoms with Gasteiger partial charge in [0.1, 0.15) is 11.8 Å². The number of phenols is 1. The van der Waals surface area contributed by atoms with Crippen LogP contribution in [0.5, 0.6) is 5.75 Å². The third kappa shape index (κ3) is 5.25. The van der Waals surface area contributed by atoms with E-state index in [0.29, 0.717) is 5.56 Å². The van der Waals surface area contributed by atoms with Crippen molar-refractivity contribution in [3.8, 4) is 5.75 Å². The molecule has 1 atom stereocenters. The van der Waals surface area contributed by atoms with Crippen LogP contribution in [-0.4, -0.2) is 37.2 Å². The molecule has 0 aliphatic rings. The van der Waals surface area contributed by atoms with E-state index in [0.717, 1.165) is 0 Å². The number of nitrogens with one attached hydrogen (secondary N) is 2. The predicted octanol–water partition coefficient (Wildman–Crippen LogP) is -0.168. The van der Waals surface area contributed by atoms with Crippen LogP contribution < -0.4 is 9.44 Å². The topological polar surface area (TPSA) is 116 Å². The standard InChI is InChI=1S/C11H16N2O5S/c1-2-12-19(17,18)13-10(11(15)16)7-8-3-5-9(14)6-4-8/h3-6,10,12-14H,2,7H2,1H3,(H,15,16)/t10-/m0/s1. The van der Waals surface area contributed by atoms with Gasteiger partial charge in [0.15, 0.2) is 0 Å². The maximum Gasteiger partial charge on any atom is 0.322 e. The molecule has 0 radical (unpaired) electrons. The number of benzene rings is 1. The molecular weight excluding hydrogens is 272 g/mol. The van der Waals surface area contributed by atoms with Gasteiger partial charge in [0.05, 0.1) is 0 Å². The van der Waals surface area contributed by atoms with Gasteiger partial charge in [0, 0.05) is 6.54 Å². The molecule has 0 heterocycles. The van der Waals surface area contributed by atoms with Crippen molar-refractivity contribution < 1.29 is 23.4 Å². The van der Waals surface area contributed by atoms with Crippen LogP contribution in [0.25, 0.3) is 0 Å². The molecule has 0 spiro atoms. The van der Waals surface area contributed by atoms with Gasteiger partial charge in [-0.05, 0) is 24.1 Å². The lowest BCUT2D eigenvalue weighted by Crippen LogP contribution is -2.47. The Labute approximate surface area is 111 Å². The van der Waals surface area contributed by atoms with Crippen LogP contribution in [0, 0.1) is 0 Å². The smallest absolute Gasteiger partial charge is 0.322 e. The third-order valence-corrected chi connectivity index (χ3v) is 3.57. The first kappa shape index (κ1) is 15.4. The van der Waals surface area contributed by atoms with Crippen LogP contribution in [0.4, 0.5) is 0 Å². The Hall–Kier alpha value is -1.64. The first-order valence-electron chi connectivity index (χ1n) is 5.61. The Balaban J connectivity index is 2.79. The summed E-state index contributed by atoms with van der Waals surface area (Å²) >= 11 is 0. The Morgan fingerprint density at radius 3 is 2.37 bits per heavy atom. The maximum absolute atomic E-state index is 11.5. The lowest BCUT2D eigenvalue weighted by molar-refractivity contribution is -0.138. The van der Waals surface area contributed by atoms with Crippen molar-refractivity contribution in [1.29, 1.82) is 0 Å². The lowest BCUT2D eigenvalue weighted by Gasteiger charge is -2.14. The number of hydrogen-bond donors (Lipinski definition) is 4. The number of aliphatic carboxylic acids is 1. The molecule has 0 aliphatic carbocycles. The minimum Gasteiger partial charge on any atom is -0.508 e. The molecule has 0 aliphatic heterocycles. The van der Waals surface area contributed by atoms with E-state index in [9.17, 15) is 13.2 Å². The van der Waals surface area contributed by atoms with Gasteiger partial charge in [-0.15, -0.1) is 0 Å². The van der Waals surface area contributed by atoms with Gasteiger partial charge in [0.2, 0.25) is 0 Å². The second-order valence-electron chi connectivity index (χ2n) is 3.88. The van der Waals surface area contributed by atoms with E-state index < -0.39 is 22.2 Å². The van der Waals surface area contributed by atoms with Gasteiger partial charge in [-0.1, -0.05) is 19.1 Å². The fraction of sp³-hybridized carbons (Fsp3) is 0.364. The van der Waals surface area contributed by atoms with Gasteiger partial charge in [-0.25, -0.2) is 4.72 Å². The Bertz CT molecular complexity index is 527. The molecule has 0 aromatic heterocycles. The monoisotopic (exact) mass is 288 g/mol. The molecule has 1 rings (SSSR count). The molecule has 0 fully saturated rings. The highest BCUT2D eigenvalue weighted by molar-refractivity contribution is 7.87. The van der Waals surface area contributed by atoms with Crippen molar-refractivity contribution in [2.24, 2.45) is 0 Å². The number of rotatable bonds is 7. The molecule has 106 valence electrons. The largest absolute Gasteiger partial charge is 0.508 e. The number of hydrogen-bond acceptors (Lipinski definition) is 4. The molecule has 0 saturated carbocycles. The fourth-order valence-electron chi connectivity index (χ4n) is 1.47. The van der Waals surface area contributed by atoms with Crippen molar-refractivity contribution in [2.75, 3.05) is 6.54 Å². The van der Waals surface area contributed by atoms with Crippen molar-refractivity contribution in [1.82, 2.24) is 9.44 Å². The normalized spacial score (nSPS) is 13.1. The van der Waals surface area contributed by atoms with Crippen LogP contribution in [-0.2, 0) is 21.4 Å². The third-order valence-electron chi connectivity index (χ3n) is 2.31. The number of phenolic OH excluding ortho intramolecular Hbond substituents is 1. The van der Waals surface area contributed by atoms with Crippen LogP contribution in [0.2, 0.25) is 0 Å². The first-order chi connectivity index (χ1) is 8.84. The van der Waals surface area contributed by atoms with E-state index in [-0.39, 0.29) is 18.7 Å². The highest BCUT2D eigenvalue weighted by Gasteiger charge is 2.23. The van der Waals surface area contributed by atoms with Crippen LogP contribution in [0.3, 0.4) is 0 Å². The molecule has 0 amide bonds. The summed E-state index contributed by atoms with van der Waals surface area (Å²) in [6.45, 7) is 1.76. The van der Waals surface area contributed by atoms with Crippen LogP contribution in [0.15, 0.2) is 24.3 Å². The zero-order valence-electron chi connectivity index (χ0n) is 10.3. The summed E-state index contributed by atoms with van der Waals surface area (Å²) < 4.78 is 27.1. The quantitative estimate of drug-likeness (QED) is 0.556. The van der Waals surface area contributed by atoms with E-state index in [1.165, 1.54) is 24.3 Å².